The van der Waals surface area contributed by atoms with Gasteiger partial charge in [-0.25, -0.2) is 13.2 Å². The van der Waals surface area contributed by atoms with E-state index in [0.29, 0.717) is 8.78 Å². The molecule has 6 nitrogen and oxygen atoms in total. The number of amides is 1. The smallest absolute Gasteiger partial charge is 0.376 e. The van der Waals surface area contributed by atoms with Crippen LogP contribution in [0.1, 0.15) is 27.7 Å². The average molecular weight is 378 g/mol. The van der Waals surface area contributed by atoms with Crippen LogP contribution in [0.3, 0.4) is 0 Å². The molecule has 0 heterocycles. The van der Waals surface area contributed by atoms with Gasteiger partial charge < -0.3 is 4.74 Å². The maximum Gasteiger partial charge on any atom is 0.432 e. The number of esters is 1. The van der Waals surface area contributed by atoms with Crippen LogP contribution in [0.4, 0.5) is 4.79 Å². The van der Waals surface area contributed by atoms with Crippen molar-refractivity contribution >= 4 is 38.0 Å². The van der Waals surface area contributed by atoms with Crippen molar-refractivity contribution in [1.82, 2.24) is 4.31 Å². The Morgan fingerprint density at radius 3 is 2.14 bits per heavy atom. The summed E-state index contributed by atoms with van der Waals surface area (Å²) in [6.07, 6.45) is -1.23. The highest BCUT2D eigenvalue weighted by Crippen LogP contribution is 2.30. The first-order chi connectivity index (χ1) is 9.48. The van der Waals surface area contributed by atoms with Crippen LogP contribution >= 0.6 is 15.9 Å². The summed E-state index contributed by atoms with van der Waals surface area (Å²) in [6, 6.07) is 6.09. The molecule has 0 aliphatic heterocycles. The summed E-state index contributed by atoms with van der Waals surface area (Å²) in [6.45, 7) is 5.62. The highest BCUT2D eigenvalue weighted by atomic mass is 79.9. The number of carbonyl (C=O) groups is 2. The molecule has 0 N–H and O–H groups in total. The minimum absolute atomic E-state index is 0.0829. The van der Waals surface area contributed by atoms with E-state index in [1.54, 1.807) is 12.1 Å². The van der Waals surface area contributed by atoms with Crippen LogP contribution in [-0.2, 0) is 19.6 Å². The number of carbonyl (C=O) groups excluding carboxylic acids is 2. The highest BCUT2D eigenvalue weighted by molar-refractivity contribution is 9.10. The molecule has 0 aliphatic rings. The van der Waals surface area contributed by atoms with Crippen molar-refractivity contribution in [3.8, 4) is 0 Å². The normalized spacial score (nSPS) is 11.9. The van der Waals surface area contributed by atoms with E-state index >= 15 is 0 Å². The average Bonchev–Trinajstić information content (AvgIpc) is 2.25. The van der Waals surface area contributed by atoms with Gasteiger partial charge in [-0.15, -0.1) is 0 Å². The fraction of sp³-hybridized carbons (Fsp3) is 0.385. The van der Waals surface area contributed by atoms with Gasteiger partial charge in [0, 0.05) is 11.4 Å². The lowest BCUT2D eigenvalue weighted by Gasteiger charge is -2.33. The van der Waals surface area contributed by atoms with Gasteiger partial charge >= 0.3 is 12.1 Å². The van der Waals surface area contributed by atoms with Crippen LogP contribution in [0, 0.1) is 0 Å². The van der Waals surface area contributed by atoms with Crippen molar-refractivity contribution in [1.29, 1.82) is 0 Å². The van der Waals surface area contributed by atoms with Crippen molar-refractivity contribution in [2.75, 3.05) is 0 Å². The second-order valence-corrected chi connectivity index (χ2v) is 7.84. The molecule has 0 atom stereocenters. The number of rotatable bonds is 2. The Morgan fingerprint density at radius 2 is 1.71 bits per heavy atom. The Morgan fingerprint density at radius 1 is 1.19 bits per heavy atom. The topological polar surface area (TPSA) is 80.8 Å². The zero-order chi connectivity index (χ0) is 16.4. The summed E-state index contributed by atoms with van der Waals surface area (Å²) in [5.74, 6) is -0.878. The number of halogens is 1. The zero-order valence-corrected chi connectivity index (χ0v) is 14.5. The monoisotopic (exact) mass is 377 g/mol. The van der Waals surface area contributed by atoms with Crippen molar-refractivity contribution in [2.45, 2.75) is 38.1 Å². The lowest BCUT2D eigenvalue weighted by Crippen LogP contribution is -2.49. The molecule has 0 aromatic heterocycles. The van der Waals surface area contributed by atoms with Gasteiger partial charge in [0.2, 0.25) is 0 Å². The van der Waals surface area contributed by atoms with E-state index in [1.807, 2.05) is 0 Å². The van der Waals surface area contributed by atoms with Crippen LogP contribution in [0.25, 0.3) is 0 Å². The van der Waals surface area contributed by atoms with E-state index < -0.39 is 27.6 Å². The predicted octanol–water partition coefficient (Wildman–Crippen LogP) is 2.92. The van der Waals surface area contributed by atoms with Crippen LogP contribution in [0.15, 0.2) is 33.6 Å². The molecule has 0 unspecified atom stereocenters. The second-order valence-electron chi connectivity index (χ2n) is 5.23. The number of benzene rings is 1. The first-order valence-electron chi connectivity index (χ1n) is 6.00. The summed E-state index contributed by atoms with van der Waals surface area (Å²) in [5, 5.41) is 0. The van der Waals surface area contributed by atoms with Gasteiger partial charge in [0.05, 0.1) is 5.54 Å². The molecule has 1 amide bonds. The quantitative estimate of drug-likeness (QED) is 0.584. The SMILES string of the molecule is CC(=O)OC(=O)N(C(C)(C)C)S(=O)(=O)c1ccccc1Br. The molecule has 1 rings (SSSR count). The third-order valence-electron chi connectivity index (χ3n) is 2.36. The molecule has 0 bridgehead atoms. The van der Waals surface area contributed by atoms with Gasteiger partial charge in [0.25, 0.3) is 10.0 Å². The number of ether oxygens (including phenoxy) is 1. The molecule has 8 heteroatoms. The highest BCUT2D eigenvalue weighted by Gasteiger charge is 2.40. The lowest BCUT2D eigenvalue weighted by molar-refractivity contribution is -0.135. The molecule has 0 radical (unpaired) electrons. The molecule has 21 heavy (non-hydrogen) atoms. The maximum absolute atomic E-state index is 12.7. The van der Waals surface area contributed by atoms with E-state index in [9.17, 15) is 18.0 Å². The third kappa shape index (κ3) is 4.04. The standard InChI is InChI=1S/C13H16BrNO5S/c1-9(16)20-12(17)15(13(2,3)4)21(18,19)11-8-6-5-7-10(11)14/h5-8H,1-4H3. The van der Waals surface area contributed by atoms with E-state index in [0.717, 1.165) is 6.92 Å². The van der Waals surface area contributed by atoms with Gasteiger partial charge in [-0.2, -0.15) is 4.31 Å². The number of hydrogen-bond donors (Lipinski definition) is 0. The summed E-state index contributed by atoms with van der Waals surface area (Å²) in [4.78, 5) is 22.9. The summed E-state index contributed by atoms with van der Waals surface area (Å²) < 4.78 is 30.7. The van der Waals surface area contributed by atoms with Gasteiger partial charge in [-0.3, -0.25) is 4.79 Å². The van der Waals surface area contributed by atoms with E-state index in [4.69, 9.17) is 0 Å². The Balaban J connectivity index is 3.43. The van der Waals surface area contributed by atoms with Crippen molar-refractivity contribution in [3.05, 3.63) is 28.7 Å². The largest absolute Gasteiger partial charge is 0.432 e. The van der Waals surface area contributed by atoms with E-state index in [1.165, 1.54) is 32.9 Å². The Kier molecular flexibility index (Phi) is 5.16. The van der Waals surface area contributed by atoms with Gasteiger partial charge in [0.15, 0.2) is 0 Å². The molecular weight excluding hydrogens is 362 g/mol. The molecule has 1 aromatic rings. The van der Waals surface area contributed by atoms with Crippen LogP contribution in [0.2, 0.25) is 0 Å². The molecular formula is C13H16BrNO5S. The molecule has 0 saturated carbocycles. The minimum Gasteiger partial charge on any atom is -0.376 e. The van der Waals surface area contributed by atoms with Crippen LogP contribution in [0.5, 0.6) is 0 Å². The molecule has 116 valence electrons. The van der Waals surface area contributed by atoms with Gasteiger partial charge in [0.1, 0.15) is 4.90 Å². The summed E-state index contributed by atoms with van der Waals surface area (Å²) in [5.41, 5.74) is -1.10. The molecule has 0 fully saturated rings. The maximum atomic E-state index is 12.7. The Hall–Kier alpha value is -1.41. The van der Waals surface area contributed by atoms with Crippen LogP contribution < -0.4 is 0 Å². The lowest BCUT2D eigenvalue weighted by atomic mass is 10.1. The predicted molar refractivity (Wildman–Crippen MR) is 80.1 cm³/mol. The van der Waals surface area contributed by atoms with Gasteiger partial charge in [-0.05, 0) is 48.8 Å². The fourth-order valence-corrected chi connectivity index (χ4v) is 4.26. The van der Waals surface area contributed by atoms with E-state index in [2.05, 4.69) is 20.7 Å². The zero-order valence-electron chi connectivity index (χ0n) is 12.1. The summed E-state index contributed by atoms with van der Waals surface area (Å²) in [7, 11) is -4.17. The Bertz CT molecular complexity index is 663. The van der Waals surface area contributed by atoms with Crippen molar-refractivity contribution in [2.24, 2.45) is 0 Å². The molecule has 0 spiro atoms. The van der Waals surface area contributed by atoms with Crippen molar-refractivity contribution < 1.29 is 22.7 Å². The van der Waals surface area contributed by atoms with Crippen LogP contribution in [-0.4, -0.2) is 30.3 Å². The van der Waals surface area contributed by atoms with Crippen molar-refractivity contribution in [3.63, 3.8) is 0 Å². The van der Waals surface area contributed by atoms with E-state index in [-0.39, 0.29) is 4.90 Å². The first kappa shape index (κ1) is 17.6. The fourth-order valence-electron chi connectivity index (χ4n) is 1.65. The van der Waals surface area contributed by atoms with Gasteiger partial charge in [-0.1, -0.05) is 12.1 Å². The summed E-state index contributed by atoms with van der Waals surface area (Å²) >= 11 is 3.14. The second kappa shape index (κ2) is 6.15. The molecule has 0 saturated heterocycles. The number of sulfonamides is 1. The molecule has 1 aromatic carbocycles. The number of nitrogens with zero attached hydrogens (tertiary/aromatic N) is 1. The first-order valence-corrected chi connectivity index (χ1v) is 8.23. The minimum atomic E-state index is -4.17. The third-order valence-corrected chi connectivity index (χ3v) is 5.40. The molecule has 0 aliphatic carbocycles. The number of hydrogen-bond acceptors (Lipinski definition) is 5. The Labute approximate surface area is 132 Å².